The van der Waals surface area contributed by atoms with Crippen LogP contribution in [0.2, 0.25) is 0 Å². The lowest BCUT2D eigenvalue weighted by Gasteiger charge is -2.08. The molecule has 1 aromatic carbocycles. The molecule has 86 valence electrons. The van der Waals surface area contributed by atoms with Gasteiger partial charge in [-0.1, -0.05) is 13.0 Å². The van der Waals surface area contributed by atoms with Crippen LogP contribution in [0.15, 0.2) is 18.2 Å². The molecule has 0 aliphatic rings. The number of hydrogen-bond donors (Lipinski definition) is 3. The quantitative estimate of drug-likeness (QED) is 0.645. The Balaban J connectivity index is 2.84. The third-order valence-corrected chi connectivity index (χ3v) is 2.16. The van der Waals surface area contributed by atoms with Gasteiger partial charge in [-0.05, 0) is 36.5 Å². The molecular weight excluding hydrogens is 205 g/mol. The van der Waals surface area contributed by atoms with E-state index in [-0.39, 0.29) is 5.91 Å². The third kappa shape index (κ3) is 3.68. The van der Waals surface area contributed by atoms with Crippen molar-refractivity contribution in [1.82, 2.24) is 0 Å². The molecule has 3 N–H and O–H groups in total. The Morgan fingerprint density at radius 1 is 1.38 bits per heavy atom. The van der Waals surface area contributed by atoms with Gasteiger partial charge >= 0.3 is 7.12 Å². The van der Waals surface area contributed by atoms with E-state index in [4.69, 9.17) is 10.0 Å². The second-order valence-electron chi connectivity index (χ2n) is 3.80. The summed E-state index contributed by atoms with van der Waals surface area (Å²) in [4.78, 5) is 11.4. The van der Waals surface area contributed by atoms with Crippen LogP contribution in [0.25, 0.3) is 0 Å². The molecule has 0 bridgehead atoms. The SMILES string of the molecule is CCCC(=O)Nc1cc(C)cc(B(O)O)c1. The number of benzene rings is 1. The topological polar surface area (TPSA) is 69.6 Å². The molecule has 0 aliphatic carbocycles. The lowest BCUT2D eigenvalue weighted by molar-refractivity contribution is -0.116. The molecule has 4 nitrogen and oxygen atoms in total. The summed E-state index contributed by atoms with van der Waals surface area (Å²) in [6, 6.07) is 5.02. The average molecular weight is 221 g/mol. The van der Waals surface area contributed by atoms with E-state index in [0.717, 1.165) is 12.0 Å². The molecule has 0 saturated heterocycles. The van der Waals surface area contributed by atoms with Gasteiger partial charge in [0.2, 0.25) is 5.91 Å². The number of aryl methyl sites for hydroxylation is 1. The van der Waals surface area contributed by atoms with Gasteiger partial charge in [-0.2, -0.15) is 0 Å². The van der Waals surface area contributed by atoms with Gasteiger partial charge in [-0.3, -0.25) is 4.79 Å². The molecule has 0 atom stereocenters. The predicted octanol–water partition coefficient (Wildman–Crippen LogP) is 0.413. The maximum Gasteiger partial charge on any atom is 0.488 e. The van der Waals surface area contributed by atoms with Crippen molar-refractivity contribution in [3.05, 3.63) is 23.8 Å². The zero-order valence-electron chi connectivity index (χ0n) is 9.53. The summed E-state index contributed by atoms with van der Waals surface area (Å²) in [5.74, 6) is -0.0634. The van der Waals surface area contributed by atoms with Crippen LogP contribution in [0.1, 0.15) is 25.3 Å². The second-order valence-corrected chi connectivity index (χ2v) is 3.80. The fourth-order valence-electron chi connectivity index (χ4n) is 1.48. The van der Waals surface area contributed by atoms with Crippen molar-refractivity contribution >= 4 is 24.2 Å². The highest BCUT2D eigenvalue weighted by Gasteiger charge is 2.12. The van der Waals surface area contributed by atoms with E-state index in [1.807, 2.05) is 13.8 Å². The van der Waals surface area contributed by atoms with Gasteiger partial charge in [0.05, 0.1) is 0 Å². The van der Waals surface area contributed by atoms with Gasteiger partial charge in [0, 0.05) is 12.1 Å². The zero-order valence-corrected chi connectivity index (χ0v) is 9.53. The second kappa shape index (κ2) is 5.68. The maximum absolute atomic E-state index is 11.4. The van der Waals surface area contributed by atoms with Crippen LogP contribution in [0, 0.1) is 6.92 Å². The van der Waals surface area contributed by atoms with Crippen molar-refractivity contribution in [3.8, 4) is 0 Å². The van der Waals surface area contributed by atoms with Crippen molar-refractivity contribution in [1.29, 1.82) is 0 Å². The van der Waals surface area contributed by atoms with Gasteiger partial charge < -0.3 is 15.4 Å². The van der Waals surface area contributed by atoms with E-state index < -0.39 is 7.12 Å². The summed E-state index contributed by atoms with van der Waals surface area (Å²) in [5.41, 5.74) is 1.85. The van der Waals surface area contributed by atoms with Crippen LogP contribution in [0.5, 0.6) is 0 Å². The highest BCUT2D eigenvalue weighted by atomic mass is 16.4. The normalized spacial score (nSPS) is 10.0. The monoisotopic (exact) mass is 221 g/mol. The number of carbonyl (C=O) groups excluding carboxylic acids is 1. The highest BCUT2D eigenvalue weighted by molar-refractivity contribution is 6.58. The molecule has 1 amide bonds. The summed E-state index contributed by atoms with van der Waals surface area (Å²) >= 11 is 0. The first kappa shape index (κ1) is 12.7. The highest BCUT2D eigenvalue weighted by Crippen LogP contribution is 2.09. The molecular formula is C11H16BNO3. The van der Waals surface area contributed by atoms with Crippen molar-refractivity contribution in [2.75, 3.05) is 5.32 Å². The van der Waals surface area contributed by atoms with E-state index in [1.165, 1.54) is 0 Å². The molecule has 0 aromatic heterocycles. The molecule has 5 heteroatoms. The van der Waals surface area contributed by atoms with Crippen LogP contribution in [0.3, 0.4) is 0 Å². The molecule has 1 aromatic rings. The van der Waals surface area contributed by atoms with Gasteiger partial charge in [-0.15, -0.1) is 0 Å². The number of anilines is 1. The fourth-order valence-corrected chi connectivity index (χ4v) is 1.48. The van der Waals surface area contributed by atoms with Crippen LogP contribution < -0.4 is 10.8 Å². The van der Waals surface area contributed by atoms with E-state index in [0.29, 0.717) is 17.6 Å². The first-order valence-corrected chi connectivity index (χ1v) is 5.30. The Hall–Kier alpha value is -1.33. The molecule has 0 spiro atoms. The van der Waals surface area contributed by atoms with Gasteiger partial charge in [0.25, 0.3) is 0 Å². The predicted molar refractivity (Wildman–Crippen MR) is 64.5 cm³/mol. The molecule has 0 fully saturated rings. The number of nitrogens with one attached hydrogen (secondary N) is 1. The molecule has 0 aliphatic heterocycles. The minimum Gasteiger partial charge on any atom is -0.423 e. The van der Waals surface area contributed by atoms with Crippen LogP contribution in [-0.2, 0) is 4.79 Å². The number of hydrogen-bond acceptors (Lipinski definition) is 3. The Morgan fingerprint density at radius 3 is 2.62 bits per heavy atom. The molecule has 0 unspecified atom stereocenters. The van der Waals surface area contributed by atoms with Crippen LogP contribution in [-0.4, -0.2) is 23.1 Å². The molecule has 1 rings (SSSR count). The number of amides is 1. The summed E-state index contributed by atoms with van der Waals surface area (Å²) in [6.07, 6.45) is 1.25. The average Bonchev–Trinajstić information content (AvgIpc) is 2.16. The van der Waals surface area contributed by atoms with E-state index in [9.17, 15) is 4.79 Å². The Kier molecular flexibility index (Phi) is 4.52. The molecule has 16 heavy (non-hydrogen) atoms. The third-order valence-electron chi connectivity index (χ3n) is 2.16. The summed E-state index contributed by atoms with van der Waals surface area (Å²) in [5, 5.41) is 20.8. The lowest BCUT2D eigenvalue weighted by Crippen LogP contribution is -2.30. The van der Waals surface area contributed by atoms with Crippen molar-refractivity contribution in [2.45, 2.75) is 26.7 Å². The molecule has 0 heterocycles. The summed E-state index contributed by atoms with van der Waals surface area (Å²) in [7, 11) is -1.51. The van der Waals surface area contributed by atoms with E-state index in [2.05, 4.69) is 5.32 Å². The number of carbonyl (C=O) groups is 1. The largest absolute Gasteiger partial charge is 0.488 e. The minimum atomic E-state index is -1.51. The van der Waals surface area contributed by atoms with E-state index >= 15 is 0 Å². The summed E-state index contributed by atoms with van der Waals surface area (Å²) in [6.45, 7) is 3.76. The molecule has 0 radical (unpaired) electrons. The molecule has 0 saturated carbocycles. The van der Waals surface area contributed by atoms with Gasteiger partial charge in [0.1, 0.15) is 0 Å². The van der Waals surface area contributed by atoms with Crippen LogP contribution >= 0.6 is 0 Å². The zero-order chi connectivity index (χ0) is 12.1. The smallest absolute Gasteiger partial charge is 0.423 e. The first-order valence-electron chi connectivity index (χ1n) is 5.30. The maximum atomic E-state index is 11.4. The van der Waals surface area contributed by atoms with Crippen LogP contribution in [0.4, 0.5) is 5.69 Å². The van der Waals surface area contributed by atoms with E-state index in [1.54, 1.807) is 18.2 Å². The standard InChI is InChI=1S/C11H16BNO3/c1-3-4-11(14)13-10-6-8(2)5-9(7-10)12(15)16/h5-7,15-16H,3-4H2,1-2H3,(H,13,14). The summed E-state index contributed by atoms with van der Waals surface area (Å²) < 4.78 is 0. The van der Waals surface area contributed by atoms with Crippen molar-refractivity contribution in [2.24, 2.45) is 0 Å². The first-order chi connectivity index (χ1) is 7.52. The lowest BCUT2D eigenvalue weighted by atomic mass is 9.79. The minimum absolute atomic E-state index is 0.0634. The van der Waals surface area contributed by atoms with Gasteiger partial charge in [0.15, 0.2) is 0 Å². The van der Waals surface area contributed by atoms with Gasteiger partial charge in [-0.25, -0.2) is 0 Å². The Bertz CT molecular complexity index is 379. The van der Waals surface area contributed by atoms with Crippen molar-refractivity contribution in [3.63, 3.8) is 0 Å². The number of rotatable bonds is 4. The Morgan fingerprint density at radius 2 is 2.06 bits per heavy atom. The Labute approximate surface area is 95.4 Å². The fraction of sp³-hybridized carbons (Fsp3) is 0.364. The van der Waals surface area contributed by atoms with Crippen molar-refractivity contribution < 1.29 is 14.8 Å².